The summed E-state index contributed by atoms with van der Waals surface area (Å²) >= 11 is 0. The number of aliphatic hydroxyl groups is 1. The number of likely N-dealkylation sites (tertiary alicyclic amines) is 1. The number of amides is 2. The van der Waals surface area contributed by atoms with Gasteiger partial charge in [-0.3, -0.25) is 14.4 Å². The molecule has 8 nitrogen and oxygen atoms in total. The second kappa shape index (κ2) is 10.3. The van der Waals surface area contributed by atoms with Crippen LogP contribution in [0.1, 0.15) is 44.2 Å². The number of allylic oxidation sites excluding steroid dienone is 1. The van der Waals surface area contributed by atoms with E-state index in [1.807, 2.05) is 70.2 Å². The van der Waals surface area contributed by atoms with Gasteiger partial charge < -0.3 is 24.4 Å². The summed E-state index contributed by atoms with van der Waals surface area (Å²) in [5.41, 5.74) is 1.39. The quantitative estimate of drug-likeness (QED) is 0.472. The molecule has 1 aromatic rings. The lowest BCUT2D eigenvalue weighted by molar-refractivity contribution is -0.155. The zero-order valence-corrected chi connectivity index (χ0v) is 22.6. The molecule has 2 fully saturated rings. The van der Waals surface area contributed by atoms with Gasteiger partial charge in [0.15, 0.2) is 0 Å². The predicted molar refractivity (Wildman–Crippen MR) is 142 cm³/mol. The minimum Gasteiger partial charge on any atom is -0.465 e. The van der Waals surface area contributed by atoms with Gasteiger partial charge in [-0.05, 0) is 49.8 Å². The molecule has 1 spiro atoms. The molecule has 4 aliphatic heterocycles. The minimum absolute atomic E-state index is 0.0720. The van der Waals surface area contributed by atoms with Crippen LogP contribution in [0, 0.1) is 31.6 Å². The number of anilines is 1. The van der Waals surface area contributed by atoms with E-state index < -0.39 is 41.6 Å². The van der Waals surface area contributed by atoms with E-state index in [1.54, 1.807) is 4.90 Å². The van der Waals surface area contributed by atoms with E-state index in [9.17, 15) is 19.5 Å². The molecule has 7 atom stereocenters. The summed E-state index contributed by atoms with van der Waals surface area (Å²) in [6, 6.07) is 4.34. The van der Waals surface area contributed by atoms with Crippen molar-refractivity contribution in [3.05, 3.63) is 53.6 Å². The lowest BCUT2D eigenvalue weighted by Gasteiger charge is -2.40. The number of ether oxygens (including phenoxy) is 2. The van der Waals surface area contributed by atoms with Crippen molar-refractivity contribution in [2.24, 2.45) is 17.8 Å². The van der Waals surface area contributed by atoms with E-state index in [-0.39, 0.29) is 30.9 Å². The molecule has 5 rings (SSSR count). The maximum atomic E-state index is 14.6. The first-order valence-corrected chi connectivity index (χ1v) is 13.8. The average Bonchev–Trinajstić information content (AvgIpc) is 3.31. The highest BCUT2D eigenvalue weighted by molar-refractivity contribution is 6.06. The topological polar surface area (TPSA) is 96.4 Å². The number of carbonyl (C=O) groups is 3. The fraction of sp³-hybridized carbons (Fsp3) is 0.567. The number of nitrogens with zero attached hydrogens (tertiary/aromatic N) is 2. The molecule has 1 unspecified atom stereocenters. The van der Waals surface area contributed by atoms with Crippen molar-refractivity contribution in [2.45, 2.75) is 70.7 Å². The van der Waals surface area contributed by atoms with Gasteiger partial charge in [0.1, 0.15) is 17.6 Å². The number of carbonyl (C=O) groups excluding carboxylic acids is 3. The molecule has 204 valence electrons. The molecule has 0 bridgehead atoms. The molecule has 4 heterocycles. The first-order valence-electron chi connectivity index (χ1n) is 13.8. The lowest BCUT2D eigenvalue weighted by atomic mass is 9.78. The van der Waals surface area contributed by atoms with E-state index in [0.29, 0.717) is 19.4 Å². The molecular formula is C30H38N2O6. The third-order valence-electron chi connectivity index (χ3n) is 8.79. The fourth-order valence-electron chi connectivity index (χ4n) is 6.59. The maximum Gasteiger partial charge on any atom is 0.312 e. The molecule has 38 heavy (non-hydrogen) atoms. The van der Waals surface area contributed by atoms with Crippen LogP contribution in [0.4, 0.5) is 5.69 Å². The van der Waals surface area contributed by atoms with Crippen LogP contribution in [0.2, 0.25) is 0 Å². The Kier molecular flexibility index (Phi) is 7.22. The largest absolute Gasteiger partial charge is 0.465 e. The van der Waals surface area contributed by atoms with Crippen LogP contribution in [0.15, 0.2) is 42.5 Å². The highest BCUT2D eigenvalue weighted by atomic mass is 16.6. The van der Waals surface area contributed by atoms with Crippen LogP contribution < -0.4 is 4.90 Å². The van der Waals surface area contributed by atoms with E-state index in [4.69, 9.17) is 9.47 Å². The molecule has 1 N–H and O–H groups in total. The summed E-state index contributed by atoms with van der Waals surface area (Å²) in [6.45, 7) is 8.19. The molecule has 0 aromatic heterocycles. The number of benzene rings is 1. The molecule has 0 radical (unpaired) electrons. The van der Waals surface area contributed by atoms with Gasteiger partial charge in [0.2, 0.25) is 5.91 Å². The van der Waals surface area contributed by atoms with Gasteiger partial charge in [0.05, 0.1) is 31.3 Å². The van der Waals surface area contributed by atoms with Crippen LogP contribution >= 0.6 is 0 Å². The fourth-order valence-corrected chi connectivity index (χ4v) is 6.59. The average molecular weight is 523 g/mol. The summed E-state index contributed by atoms with van der Waals surface area (Å²) < 4.78 is 12.3. The molecular weight excluding hydrogens is 484 g/mol. The lowest BCUT2D eigenvalue weighted by Crippen LogP contribution is -2.59. The van der Waals surface area contributed by atoms with Crippen molar-refractivity contribution in [2.75, 3.05) is 24.7 Å². The Balaban J connectivity index is 1.68. The summed E-state index contributed by atoms with van der Waals surface area (Å²) in [5, 5.41) is 10.5. The van der Waals surface area contributed by atoms with Gasteiger partial charge >= 0.3 is 5.97 Å². The summed E-state index contributed by atoms with van der Waals surface area (Å²) in [5.74, 6) is -2.96. The SMILES string of the molecule is CC[C@H](C)[C@H](CO)N1C(=O)[C@@H]2[C@H]3C(=O)OCCC/C=C\[C@H]3O[C@@]23C=CCN(c2cc(C)ccc2C)C(=O)C13. The van der Waals surface area contributed by atoms with Gasteiger partial charge in [0.25, 0.3) is 5.91 Å². The van der Waals surface area contributed by atoms with E-state index >= 15 is 0 Å². The Labute approximate surface area is 224 Å². The third kappa shape index (κ3) is 4.09. The number of rotatable bonds is 5. The van der Waals surface area contributed by atoms with Crippen molar-refractivity contribution in [1.29, 1.82) is 0 Å². The predicted octanol–water partition coefficient (Wildman–Crippen LogP) is 3.09. The van der Waals surface area contributed by atoms with Crippen LogP contribution in [-0.4, -0.2) is 71.3 Å². The number of fused-ring (bicyclic) bond motifs is 2. The van der Waals surface area contributed by atoms with Crippen molar-refractivity contribution in [1.82, 2.24) is 4.90 Å². The van der Waals surface area contributed by atoms with Gasteiger partial charge in [-0.1, -0.05) is 56.7 Å². The Hall–Kier alpha value is -2.97. The molecule has 2 amide bonds. The van der Waals surface area contributed by atoms with E-state index in [2.05, 4.69) is 0 Å². The van der Waals surface area contributed by atoms with Crippen LogP contribution in [0.3, 0.4) is 0 Å². The summed E-state index contributed by atoms with van der Waals surface area (Å²) in [6.07, 6.45) is 8.98. The van der Waals surface area contributed by atoms with Gasteiger partial charge in [0, 0.05) is 12.2 Å². The molecule has 0 saturated carbocycles. The summed E-state index contributed by atoms with van der Waals surface area (Å²) in [4.78, 5) is 45.6. The number of esters is 1. The number of hydrogen-bond acceptors (Lipinski definition) is 6. The molecule has 2 saturated heterocycles. The summed E-state index contributed by atoms with van der Waals surface area (Å²) in [7, 11) is 0. The van der Waals surface area contributed by atoms with Crippen molar-refractivity contribution in [3.8, 4) is 0 Å². The first kappa shape index (κ1) is 26.6. The molecule has 1 aromatic carbocycles. The monoisotopic (exact) mass is 522 g/mol. The Morgan fingerprint density at radius 3 is 2.68 bits per heavy atom. The number of aryl methyl sites for hydroxylation is 2. The van der Waals surface area contributed by atoms with Gasteiger partial charge in [-0.25, -0.2) is 0 Å². The molecule has 8 heteroatoms. The maximum absolute atomic E-state index is 14.6. The van der Waals surface area contributed by atoms with Crippen molar-refractivity contribution in [3.63, 3.8) is 0 Å². The van der Waals surface area contributed by atoms with Crippen LogP contribution in [0.5, 0.6) is 0 Å². The van der Waals surface area contributed by atoms with Crippen molar-refractivity contribution >= 4 is 23.5 Å². The standard InChI is InChI=1S/C30H38N2O6/c1-5-19(3)22(17-33)32-26-28(35)31(21-16-18(2)11-12-20(21)4)14-9-13-30(26)25(27(32)34)24-23(38-30)10-7-6-8-15-37-29(24)36/h7,9-13,16,19,22-26,33H,5-6,8,14-15,17H2,1-4H3/b10-7-/t19-,22-,23+,24-,25-,26?,30-/m0/s1. The Morgan fingerprint density at radius 1 is 1.16 bits per heavy atom. The normalized spacial score (nSPS) is 33.3. The highest BCUT2D eigenvalue weighted by Crippen LogP contribution is 2.54. The zero-order chi connectivity index (χ0) is 27.2. The number of cyclic esters (lactones) is 1. The smallest absolute Gasteiger partial charge is 0.312 e. The zero-order valence-electron chi connectivity index (χ0n) is 22.6. The van der Waals surface area contributed by atoms with Gasteiger partial charge in [-0.2, -0.15) is 0 Å². The van der Waals surface area contributed by atoms with Crippen LogP contribution in [-0.2, 0) is 23.9 Å². The minimum atomic E-state index is -1.35. The second-order valence-electron chi connectivity index (χ2n) is 11.1. The molecule has 4 aliphatic rings. The van der Waals surface area contributed by atoms with E-state index in [1.165, 1.54) is 4.90 Å². The first-order chi connectivity index (χ1) is 18.2. The number of aliphatic hydroxyl groups excluding tert-OH is 1. The van der Waals surface area contributed by atoms with Crippen LogP contribution in [0.25, 0.3) is 0 Å². The van der Waals surface area contributed by atoms with Crippen molar-refractivity contribution < 1.29 is 29.0 Å². The third-order valence-corrected chi connectivity index (χ3v) is 8.79. The Bertz CT molecular complexity index is 1180. The molecule has 0 aliphatic carbocycles. The van der Waals surface area contributed by atoms with E-state index in [0.717, 1.165) is 23.2 Å². The second-order valence-corrected chi connectivity index (χ2v) is 11.1. The Morgan fingerprint density at radius 2 is 1.95 bits per heavy atom. The number of hydrogen-bond donors (Lipinski definition) is 1. The van der Waals surface area contributed by atoms with Gasteiger partial charge in [-0.15, -0.1) is 0 Å². The highest BCUT2D eigenvalue weighted by Gasteiger charge is 2.72.